The van der Waals surface area contributed by atoms with Gasteiger partial charge in [0.1, 0.15) is 5.82 Å². The minimum absolute atomic E-state index is 0.0491. The number of rotatable bonds is 3. The van der Waals surface area contributed by atoms with Gasteiger partial charge in [0.2, 0.25) is 0 Å². The van der Waals surface area contributed by atoms with Crippen LogP contribution in [0.4, 0.5) is 10.1 Å². The Balaban J connectivity index is 2.14. The fourth-order valence-electron chi connectivity index (χ4n) is 1.61. The summed E-state index contributed by atoms with van der Waals surface area (Å²) in [5.41, 5.74) is 7.00. The van der Waals surface area contributed by atoms with Crippen molar-refractivity contribution in [2.24, 2.45) is 0 Å². The Labute approximate surface area is 103 Å². The summed E-state index contributed by atoms with van der Waals surface area (Å²) < 4.78 is 13.8. The first kappa shape index (κ1) is 12.1. The molecule has 1 heterocycles. The molecule has 1 amide bonds. The number of nitrogens with one attached hydrogen (secondary N) is 2. The second-order valence-corrected chi connectivity index (χ2v) is 3.96. The quantitative estimate of drug-likeness (QED) is 0.717. The first-order valence-corrected chi connectivity index (χ1v) is 5.39. The van der Waals surface area contributed by atoms with Gasteiger partial charge in [0.25, 0.3) is 5.91 Å². The number of hydrogen-bond donors (Lipinski definition) is 3. The van der Waals surface area contributed by atoms with Gasteiger partial charge in [-0.3, -0.25) is 4.79 Å². The number of anilines is 1. The van der Waals surface area contributed by atoms with Gasteiger partial charge in [-0.2, -0.15) is 0 Å². The fourth-order valence-corrected chi connectivity index (χ4v) is 1.61. The van der Waals surface area contributed by atoms with E-state index >= 15 is 0 Å². The Morgan fingerprint density at radius 2 is 2.33 bits per heavy atom. The molecule has 1 aromatic heterocycles. The van der Waals surface area contributed by atoms with E-state index in [2.05, 4.69) is 15.3 Å². The Morgan fingerprint density at radius 3 is 3.00 bits per heavy atom. The lowest BCUT2D eigenvalue weighted by Crippen LogP contribution is -2.24. The second kappa shape index (κ2) is 4.87. The van der Waals surface area contributed by atoms with Crippen molar-refractivity contribution >= 4 is 11.6 Å². The number of amides is 1. The zero-order valence-electron chi connectivity index (χ0n) is 9.83. The smallest absolute Gasteiger partial charge is 0.254 e. The minimum atomic E-state index is -0.550. The highest BCUT2D eigenvalue weighted by molar-refractivity contribution is 5.95. The number of nitrogens with zero attached hydrogens (tertiary/aromatic N) is 1. The van der Waals surface area contributed by atoms with Gasteiger partial charge in [0.05, 0.1) is 24.1 Å². The number of imidazole rings is 1. The highest BCUT2D eigenvalue weighted by atomic mass is 19.1. The highest BCUT2D eigenvalue weighted by Crippen LogP contribution is 2.17. The summed E-state index contributed by atoms with van der Waals surface area (Å²) in [5, 5.41) is 2.59. The average Bonchev–Trinajstić information content (AvgIpc) is 2.83. The number of halogens is 1. The molecule has 0 saturated carbocycles. The second-order valence-electron chi connectivity index (χ2n) is 3.96. The summed E-state index contributed by atoms with van der Waals surface area (Å²) in [5.74, 6) is -1.05. The number of carbonyl (C=O) groups excluding carboxylic acids is 1. The number of aromatic nitrogens is 2. The van der Waals surface area contributed by atoms with Gasteiger partial charge < -0.3 is 16.0 Å². The van der Waals surface area contributed by atoms with Crippen molar-refractivity contribution < 1.29 is 9.18 Å². The largest absolute Gasteiger partial charge is 0.399 e. The van der Waals surface area contributed by atoms with E-state index in [1.54, 1.807) is 13.1 Å². The van der Waals surface area contributed by atoms with Crippen LogP contribution < -0.4 is 11.1 Å². The number of hydrogen-bond acceptors (Lipinski definition) is 3. The molecule has 2 rings (SSSR count). The van der Waals surface area contributed by atoms with Crippen molar-refractivity contribution in [2.75, 3.05) is 5.73 Å². The van der Waals surface area contributed by atoms with Crippen molar-refractivity contribution in [3.05, 3.63) is 47.3 Å². The fraction of sp³-hybridized carbons (Fsp3) is 0.167. The Kier molecular flexibility index (Phi) is 3.27. The van der Waals surface area contributed by atoms with Crippen molar-refractivity contribution in [1.29, 1.82) is 0 Å². The predicted molar refractivity (Wildman–Crippen MR) is 65.3 cm³/mol. The Hall–Kier alpha value is -2.37. The zero-order chi connectivity index (χ0) is 13.1. The molecule has 4 N–H and O–H groups in total. The van der Waals surface area contributed by atoms with Crippen LogP contribution >= 0.6 is 0 Å². The van der Waals surface area contributed by atoms with E-state index in [0.29, 0.717) is 11.3 Å². The van der Waals surface area contributed by atoms with Crippen LogP contribution in [-0.4, -0.2) is 15.9 Å². The number of H-pyrrole nitrogens is 1. The van der Waals surface area contributed by atoms with E-state index in [9.17, 15) is 9.18 Å². The molecule has 0 radical (unpaired) electrons. The SMILES string of the molecule is Cc1cc(N)cc(C(=O)NCc2cnc[nH]2)c1F. The molecule has 5 nitrogen and oxygen atoms in total. The summed E-state index contributed by atoms with van der Waals surface area (Å²) in [4.78, 5) is 18.5. The molecule has 0 aliphatic rings. The molecule has 0 saturated heterocycles. The molecule has 18 heavy (non-hydrogen) atoms. The van der Waals surface area contributed by atoms with Gasteiger partial charge in [0.15, 0.2) is 0 Å². The van der Waals surface area contributed by atoms with E-state index in [-0.39, 0.29) is 12.1 Å². The van der Waals surface area contributed by atoms with E-state index in [0.717, 1.165) is 5.69 Å². The normalized spacial score (nSPS) is 10.3. The molecule has 0 aliphatic heterocycles. The standard InChI is InChI=1S/C12H13FN4O/c1-7-2-8(14)3-10(11(7)13)12(18)16-5-9-4-15-6-17-9/h2-4,6H,5,14H2,1H3,(H,15,17)(H,16,18). The number of nitrogens with two attached hydrogens (primary N) is 1. The Morgan fingerprint density at radius 1 is 1.56 bits per heavy atom. The van der Waals surface area contributed by atoms with Gasteiger partial charge in [-0.1, -0.05) is 0 Å². The third kappa shape index (κ3) is 2.48. The number of aromatic amines is 1. The molecule has 1 aromatic carbocycles. The number of aryl methyl sites for hydroxylation is 1. The molecule has 0 atom stereocenters. The average molecular weight is 248 g/mol. The van der Waals surface area contributed by atoms with Crippen LogP contribution in [0, 0.1) is 12.7 Å². The predicted octanol–water partition coefficient (Wildman–Crippen LogP) is 1.37. The maximum Gasteiger partial charge on any atom is 0.254 e. The van der Waals surface area contributed by atoms with Gasteiger partial charge in [-0.15, -0.1) is 0 Å². The number of nitrogen functional groups attached to an aromatic ring is 1. The van der Waals surface area contributed by atoms with Crippen molar-refractivity contribution in [3.63, 3.8) is 0 Å². The lowest BCUT2D eigenvalue weighted by atomic mass is 10.1. The van der Waals surface area contributed by atoms with Crippen molar-refractivity contribution in [2.45, 2.75) is 13.5 Å². The third-order valence-corrected chi connectivity index (χ3v) is 2.52. The van der Waals surface area contributed by atoms with Crippen molar-refractivity contribution in [3.8, 4) is 0 Å². The lowest BCUT2D eigenvalue weighted by molar-refractivity contribution is 0.0946. The van der Waals surface area contributed by atoms with Crippen LogP contribution in [0.3, 0.4) is 0 Å². The van der Waals surface area contributed by atoms with Gasteiger partial charge in [-0.25, -0.2) is 9.37 Å². The molecule has 6 heteroatoms. The van der Waals surface area contributed by atoms with Crippen LogP contribution in [0.1, 0.15) is 21.6 Å². The van der Waals surface area contributed by atoms with Crippen LogP contribution in [0.15, 0.2) is 24.7 Å². The van der Waals surface area contributed by atoms with E-state index < -0.39 is 11.7 Å². The van der Waals surface area contributed by atoms with E-state index in [1.165, 1.54) is 18.5 Å². The van der Waals surface area contributed by atoms with Gasteiger partial charge in [0, 0.05) is 11.9 Å². The van der Waals surface area contributed by atoms with E-state index in [4.69, 9.17) is 5.73 Å². The maximum absolute atomic E-state index is 13.8. The number of carbonyl (C=O) groups is 1. The third-order valence-electron chi connectivity index (χ3n) is 2.52. The maximum atomic E-state index is 13.8. The molecule has 2 aromatic rings. The molecule has 0 aliphatic carbocycles. The summed E-state index contributed by atoms with van der Waals surface area (Å²) in [7, 11) is 0. The molecular weight excluding hydrogens is 235 g/mol. The van der Waals surface area contributed by atoms with Crippen molar-refractivity contribution in [1.82, 2.24) is 15.3 Å². The van der Waals surface area contributed by atoms with Crippen LogP contribution in [0.2, 0.25) is 0 Å². The first-order valence-electron chi connectivity index (χ1n) is 5.39. The first-order chi connectivity index (χ1) is 8.58. The van der Waals surface area contributed by atoms with Crippen LogP contribution in [0.5, 0.6) is 0 Å². The molecule has 0 unspecified atom stereocenters. The molecule has 0 spiro atoms. The monoisotopic (exact) mass is 248 g/mol. The molecule has 94 valence electrons. The Bertz CT molecular complexity index is 566. The summed E-state index contributed by atoms with van der Waals surface area (Å²) >= 11 is 0. The van der Waals surface area contributed by atoms with E-state index in [1.807, 2.05) is 0 Å². The van der Waals surface area contributed by atoms with Crippen LogP contribution in [-0.2, 0) is 6.54 Å². The van der Waals surface area contributed by atoms with Gasteiger partial charge >= 0.3 is 0 Å². The van der Waals surface area contributed by atoms with Gasteiger partial charge in [-0.05, 0) is 24.6 Å². The highest BCUT2D eigenvalue weighted by Gasteiger charge is 2.14. The number of benzene rings is 1. The summed E-state index contributed by atoms with van der Waals surface area (Å²) in [6, 6.07) is 2.81. The molecular formula is C12H13FN4O. The zero-order valence-corrected chi connectivity index (χ0v) is 9.83. The molecule has 0 fully saturated rings. The summed E-state index contributed by atoms with van der Waals surface area (Å²) in [6.07, 6.45) is 3.09. The topological polar surface area (TPSA) is 83.8 Å². The van der Waals surface area contributed by atoms with Crippen LogP contribution in [0.25, 0.3) is 0 Å². The lowest BCUT2D eigenvalue weighted by Gasteiger charge is -2.08. The summed E-state index contributed by atoms with van der Waals surface area (Å²) in [6.45, 7) is 1.82. The molecule has 0 bridgehead atoms. The minimum Gasteiger partial charge on any atom is -0.399 e.